The number of nitrogens with zero attached hydrogens (tertiary/aromatic N) is 2. The summed E-state index contributed by atoms with van der Waals surface area (Å²) < 4.78 is 8.03. The molecule has 1 N–H and O–H groups in total. The van der Waals surface area contributed by atoms with E-state index in [-0.39, 0.29) is 0 Å². The third-order valence-electron chi connectivity index (χ3n) is 4.42. The van der Waals surface area contributed by atoms with Crippen LogP contribution < -0.4 is 4.74 Å². The Kier molecular flexibility index (Phi) is 5.71. The number of benzene rings is 2. The lowest BCUT2D eigenvalue weighted by Gasteiger charge is -2.14. The molecular formula is C21H26N2O2. The van der Waals surface area contributed by atoms with E-state index in [1.807, 2.05) is 36.4 Å². The van der Waals surface area contributed by atoms with Gasteiger partial charge in [0.1, 0.15) is 17.7 Å². The Labute approximate surface area is 149 Å². The number of imidazole rings is 1. The number of aromatic nitrogens is 2. The highest BCUT2D eigenvalue weighted by Crippen LogP contribution is 2.24. The lowest BCUT2D eigenvalue weighted by Crippen LogP contribution is -2.11. The molecule has 0 bridgehead atoms. The standard InChI is InChI=1S/C21H26N2O2/c1-3-9-19(24)21-22-17-11-5-6-12-18(17)23(21)14-8-15-25-20-13-7-4-10-16(20)2/h4-7,10-13,19,24H,3,8-9,14-15H2,1-2H3/t19-/m1/s1. The predicted molar refractivity (Wildman–Crippen MR) is 101 cm³/mol. The monoisotopic (exact) mass is 338 g/mol. The number of aryl methyl sites for hydroxylation is 2. The van der Waals surface area contributed by atoms with Crippen molar-refractivity contribution < 1.29 is 9.84 Å². The zero-order chi connectivity index (χ0) is 17.6. The van der Waals surface area contributed by atoms with Gasteiger partial charge >= 0.3 is 0 Å². The maximum absolute atomic E-state index is 10.5. The van der Waals surface area contributed by atoms with E-state index < -0.39 is 6.10 Å². The molecule has 3 aromatic rings. The molecule has 0 amide bonds. The molecule has 3 rings (SSSR count). The average molecular weight is 338 g/mol. The van der Waals surface area contributed by atoms with Gasteiger partial charge in [-0.25, -0.2) is 4.98 Å². The molecule has 0 spiro atoms. The zero-order valence-electron chi connectivity index (χ0n) is 15.0. The van der Waals surface area contributed by atoms with Crippen LogP contribution in [0.2, 0.25) is 0 Å². The lowest BCUT2D eigenvalue weighted by molar-refractivity contribution is 0.152. The summed E-state index contributed by atoms with van der Waals surface area (Å²) in [6, 6.07) is 16.1. The molecule has 25 heavy (non-hydrogen) atoms. The first kappa shape index (κ1) is 17.5. The Morgan fingerprint density at radius 1 is 1.12 bits per heavy atom. The Morgan fingerprint density at radius 3 is 2.68 bits per heavy atom. The molecule has 0 fully saturated rings. The maximum atomic E-state index is 10.5. The highest BCUT2D eigenvalue weighted by Gasteiger charge is 2.17. The molecule has 4 heteroatoms. The molecular weight excluding hydrogens is 312 g/mol. The van der Waals surface area contributed by atoms with Gasteiger partial charge in [0, 0.05) is 6.54 Å². The number of hydrogen-bond donors (Lipinski definition) is 1. The Hall–Kier alpha value is -2.33. The molecule has 0 aliphatic carbocycles. The topological polar surface area (TPSA) is 47.3 Å². The minimum absolute atomic E-state index is 0.519. The summed E-state index contributed by atoms with van der Waals surface area (Å²) in [6.07, 6.45) is 2.00. The van der Waals surface area contributed by atoms with Crippen molar-refractivity contribution in [1.82, 2.24) is 9.55 Å². The number of aliphatic hydroxyl groups excluding tert-OH is 1. The molecule has 0 unspecified atom stereocenters. The molecule has 0 radical (unpaired) electrons. The summed E-state index contributed by atoms with van der Waals surface area (Å²) >= 11 is 0. The largest absolute Gasteiger partial charge is 0.493 e. The molecule has 0 saturated carbocycles. The van der Waals surface area contributed by atoms with E-state index in [0.29, 0.717) is 6.61 Å². The molecule has 1 aromatic heterocycles. The second-order valence-electron chi connectivity index (χ2n) is 6.38. The van der Waals surface area contributed by atoms with Crippen molar-refractivity contribution in [3.05, 3.63) is 59.9 Å². The first-order chi connectivity index (χ1) is 12.2. The first-order valence-electron chi connectivity index (χ1n) is 9.02. The summed E-state index contributed by atoms with van der Waals surface area (Å²) in [4.78, 5) is 4.65. The summed E-state index contributed by atoms with van der Waals surface area (Å²) in [5, 5.41) is 10.5. The summed E-state index contributed by atoms with van der Waals surface area (Å²) in [6.45, 7) is 5.55. The lowest BCUT2D eigenvalue weighted by atomic mass is 10.2. The normalized spacial score (nSPS) is 12.4. The summed E-state index contributed by atoms with van der Waals surface area (Å²) in [7, 11) is 0. The average Bonchev–Trinajstić information content (AvgIpc) is 2.99. The van der Waals surface area contributed by atoms with Crippen LogP contribution in [-0.4, -0.2) is 21.3 Å². The van der Waals surface area contributed by atoms with Crippen molar-refractivity contribution in [3.63, 3.8) is 0 Å². The molecule has 0 saturated heterocycles. The van der Waals surface area contributed by atoms with Crippen LogP contribution in [0, 0.1) is 6.92 Å². The van der Waals surface area contributed by atoms with Gasteiger partial charge in [-0.05, 0) is 43.5 Å². The number of hydrogen-bond acceptors (Lipinski definition) is 3. The predicted octanol–water partition coefficient (Wildman–Crippen LogP) is 4.65. The van der Waals surface area contributed by atoms with Crippen molar-refractivity contribution in [2.75, 3.05) is 6.61 Å². The van der Waals surface area contributed by atoms with Gasteiger partial charge < -0.3 is 14.4 Å². The minimum Gasteiger partial charge on any atom is -0.493 e. The SMILES string of the molecule is CCC[C@@H](O)c1nc2ccccc2n1CCCOc1ccccc1C. The third-order valence-corrected chi connectivity index (χ3v) is 4.42. The van der Waals surface area contributed by atoms with Gasteiger partial charge in [-0.2, -0.15) is 0 Å². The number of para-hydroxylation sites is 3. The van der Waals surface area contributed by atoms with Crippen molar-refractivity contribution in [1.29, 1.82) is 0 Å². The van der Waals surface area contributed by atoms with Crippen LogP contribution in [0.5, 0.6) is 5.75 Å². The van der Waals surface area contributed by atoms with E-state index in [2.05, 4.69) is 35.5 Å². The van der Waals surface area contributed by atoms with Crippen molar-refractivity contribution in [2.24, 2.45) is 0 Å². The number of aliphatic hydroxyl groups is 1. The zero-order valence-corrected chi connectivity index (χ0v) is 15.0. The van der Waals surface area contributed by atoms with Crippen LogP contribution in [0.25, 0.3) is 11.0 Å². The molecule has 1 heterocycles. The Bertz CT molecular complexity index is 826. The van der Waals surface area contributed by atoms with E-state index in [1.54, 1.807) is 0 Å². The van der Waals surface area contributed by atoms with E-state index in [0.717, 1.165) is 54.0 Å². The van der Waals surface area contributed by atoms with E-state index in [4.69, 9.17) is 4.74 Å². The smallest absolute Gasteiger partial charge is 0.138 e. The summed E-state index contributed by atoms with van der Waals surface area (Å²) in [5.74, 6) is 1.70. The first-order valence-corrected chi connectivity index (χ1v) is 9.02. The van der Waals surface area contributed by atoms with Crippen LogP contribution in [-0.2, 0) is 6.54 Å². The van der Waals surface area contributed by atoms with Crippen LogP contribution in [0.1, 0.15) is 43.7 Å². The Balaban J connectivity index is 1.71. The fourth-order valence-electron chi connectivity index (χ4n) is 3.11. The number of ether oxygens (including phenoxy) is 1. The quantitative estimate of drug-likeness (QED) is 0.608. The van der Waals surface area contributed by atoms with Crippen LogP contribution in [0.4, 0.5) is 0 Å². The van der Waals surface area contributed by atoms with Crippen LogP contribution in [0.3, 0.4) is 0 Å². The number of fused-ring (bicyclic) bond motifs is 1. The highest BCUT2D eigenvalue weighted by molar-refractivity contribution is 5.76. The van der Waals surface area contributed by atoms with Crippen LogP contribution in [0.15, 0.2) is 48.5 Å². The fraction of sp³-hybridized carbons (Fsp3) is 0.381. The van der Waals surface area contributed by atoms with E-state index in [1.165, 1.54) is 0 Å². The van der Waals surface area contributed by atoms with Gasteiger partial charge in [0.25, 0.3) is 0 Å². The minimum atomic E-state index is -0.519. The van der Waals surface area contributed by atoms with Crippen molar-refractivity contribution >= 4 is 11.0 Å². The van der Waals surface area contributed by atoms with Gasteiger partial charge in [-0.1, -0.05) is 43.7 Å². The van der Waals surface area contributed by atoms with Gasteiger partial charge in [0.2, 0.25) is 0 Å². The second-order valence-corrected chi connectivity index (χ2v) is 6.38. The Morgan fingerprint density at radius 2 is 1.88 bits per heavy atom. The van der Waals surface area contributed by atoms with Crippen molar-refractivity contribution in [2.45, 2.75) is 45.8 Å². The molecule has 4 nitrogen and oxygen atoms in total. The molecule has 0 aliphatic heterocycles. The van der Waals surface area contributed by atoms with Gasteiger partial charge in [0.15, 0.2) is 0 Å². The van der Waals surface area contributed by atoms with Crippen molar-refractivity contribution in [3.8, 4) is 5.75 Å². The second kappa shape index (κ2) is 8.17. The molecule has 1 atom stereocenters. The number of rotatable bonds is 8. The molecule has 0 aliphatic rings. The molecule has 132 valence electrons. The van der Waals surface area contributed by atoms with Gasteiger partial charge in [-0.15, -0.1) is 0 Å². The van der Waals surface area contributed by atoms with Gasteiger partial charge in [0.05, 0.1) is 17.6 Å². The fourth-order valence-corrected chi connectivity index (χ4v) is 3.11. The van der Waals surface area contributed by atoms with E-state index >= 15 is 0 Å². The van der Waals surface area contributed by atoms with Gasteiger partial charge in [-0.3, -0.25) is 0 Å². The maximum Gasteiger partial charge on any atom is 0.138 e. The third kappa shape index (κ3) is 4.02. The van der Waals surface area contributed by atoms with E-state index in [9.17, 15) is 5.11 Å². The molecule has 2 aromatic carbocycles. The highest BCUT2D eigenvalue weighted by atomic mass is 16.5. The summed E-state index contributed by atoms with van der Waals surface area (Å²) in [5.41, 5.74) is 3.16. The van der Waals surface area contributed by atoms with Crippen LogP contribution >= 0.6 is 0 Å².